The first-order valence-corrected chi connectivity index (χ1v) is 6.05. The number of nitro groups is 1. The van der Waals surface area contributed by atoms with Crippen LogP contribution in [0.5, 0.6) is 5.75 Å². The van der Waals surface area contributed by atoms with Crippen LogP contribution in [0.3, 0.4) is 0 Å². The molecule has 0 atom stereocenters. The maximum absolute atomic E-state index is 13.2. The molecule has 16 heavy (non-hydrogen) atoms. The van der Waals surface area contributed by atoms with Crippen molar-refractivity contribution in [3.05, 3.63) is 28.1 Å². The van der Waals surface area contributed by atoms with Crippen molar-refractivity contribution >= 4 is 25.4 Å². The quantitative estimate of drug-likeness (QED) is 0.473. The minimum absolute atomic E-state index is 0.550. The van der Waals surface area contributed by atoms with E-state index in [-0.39, 0.29) is 0 Å². The van der Waals surface area contributed by atoms with E-state index in [1.165, 1.54) is 0 Å². The third-order valence-electron chi connectivity index (χ3n) is 1.68. The lowest BCUT2D eigenvalue weighted by Gasteiger charge is -2.04. The van der Waals surface area contributed by atoms with Crippen LogP contribution in [0.1, 0.15) is 0 Å². The monoisotopic (exact) mass is 269 g/mol. The van der Waals surface area contributed by atoms with Crippen molar-refractivity contribution in [2.45, 2.75) is 4.90 Å². The smallest absolute Gasteiger partial charge is 0.315 e. The fraction of sp³-hybridized carbons (Fsp3) is 0.143. The van der Waals surface area contributed by atoms with Gasteiger partial charge in [0.05, 0.1) is 16.9 Å². The van der Waals surface area contributed by atoms with Gasteiger partial charge in [-0.15, -0.1) is 0 Å². The number of rotatable bonds is 3. The summed E-state index contributed by atoms with van der Waals surface area (Å²) < 4.78 is 39.5. The second-order valence-corrected chi connectivity index (χ2v) is 5.22. The number of hydrogen-bond donors (Lipinski definition) is 0. The van der Waals surface area contributed by atoms with Gasteiger partial charge >= 0.3 is 5.69 Å². The molecule has 0 bridgehead atoms. The molecule has 0 aliphatic rings. The lowest BCUT2D eigenvalue weighted by molar-refractivity contribution is -0.386. The van der Waals surface area contributed by atoms with Gasteiger partial charge in [-0.3, -0.25) is 10.1 Å². The minimum Gasteiger partial charge on any atom is -0.488 e. The summed E-state index contributed by atoms with van der Waals surface area (Å²) in [5.74, 6) is -1.81. The van der Waals surface area contributed by atoms with Crippen molar-refractivity contribution in [1.29, 1.82) is 0 Å². The predicted octanol–water partition coefficient (Wildman–Crippen LogP) is 1.67. The van der Waals surface area contributed by atoms with Crippen molar-refractivity contribution in [3.8, 4) is 5.75 Å². The summed E-state index contributed by atoms with van der Waals surface area (Å²) in [5, 5.41) is 10.5. The first kappa shape index (κ1) is 12.7. The Morgan fingerprint density at radius 2 is 2.06 bits per heavy atom. The van der Waals surface area contributed by atoms with Crippen molar-refractivity contribution < 1.29 is 22.5 Å². The Bertz CT molecular complexity index is 544. The number of ether oxygens (including phenoxy) is 1. The number of nitrogens with zero attached hydrogens (tertiary/aromatic N) is 1. The van der Waals surface area contributed by atoms with Crippen LogP contribution >= 0.6 is 10.7 Å². The molecular weight excluding hydrogens is 265 g/mol. The number of methoxy groups -OCH3 is 1. The van der Waals surface area contributed by atoms with Gasteiger partial charge in [-0.2, -0.15) is 0 Å². The molecule has 0 fully saturated rings. The molecule has 1 aromatic carbocycles. The van der Waals surface area contributed by atoms with Gasteiger partial charge in [0.1, 0.15) is 0 Å². The summed E-state index contributed by atoms with van der Waals surface area (Å²) in [6.45, 7) is 0. The van der Waals surface area contributed by atoms with E-state index in [0.29, 0.717) is 12.1 Å². The Balaban J connectivity index is 3.59. The molecule has 0 spiro atoms. The first-order chi connectivity index (χ1) is 7.27. The first-order valence-electron chi connectivity index (χ1n) is 3.74. The molecule has 0 saturated carbocycles. The summed E-state index contributed by atoms with van der Waals surface area (Å²) >= 11 is 0. The molecule has 0 heterocycles. The fourth-order valence-corrected chi connectivity index (χ4v) is 1.80. The fourth-order valence-electron chi connectivity index (χ4n) is 1.03. The summed E-state index contributed by atoms with van der Waals surface area (Å²) in [6, 6.07) is 1.18. The van der Waals surface area contributed by atoms with Gasteiger partial charge in [-0.25, -0.2) is 12.8 Å². The van der Waals surface area contributed by atoms with Crippen LogP contribution in [0.25, 0.3) is 0 Å². The average molecular weight is 270 g/mol. The molecule has 88 valence electrons. The number of hydrogen-bond acceptors (Lipinski definition) is 5. The molecule has 0 radical (unpaired) electrons. The maximum Gasteiger partial charge on any atom is 0.315 e. The molecule has 0 unspecified atom stereocenters. The summed E-state index contributed by atoms with van der Waals surface area (Å²) in [4.78, 5) is 8.87. The highest BCUT2D eigenvalue weighted by atomic mass is 35.7. The highest BCUT2D eigenvalue weighted by Gasteiger charge is 2.24. The van der Waals surface area contributed by atoms with Gasteiger partial charge in [0, 0.05) is 16.7 Å². The normalized spacial score (nSPS) is 11.2. The lowest BCUT2D eigenvalue weighted by Crippen LogP contribution is -2.00. The van der Waals surface area contributed by atoms with E-state index in [1.54, 1.807) is 0 Å². The molecule has 6 nitrogen and oxygen atoms in total. The van der Waals surface area contributed by atoms with Crippen LogP contribution in [-0.2, 0) is 9.05 Å². The SMILES string of the molecule is COc1c(F)cc(S(=O)(=O)Cl)cc1[N+](=O)[O-]. The topological polar surface area (TPSA) is 86.5 Å². The summed E-state index contributed by atoms with van der Waals surface area (Å²) in [7, 11) is 1.74. The van der Waals surface area contributed by atoms with E-state index >= 15 is 0 Å². The van der Waals surface area contributed by atoms with E-state index in [4.69, 9.17) is 10.7 Å². The van der Waals surface area contributed by atoms with Crippen LogP contribution in [0, 0.1) is 15.9 Å². The van der Waals surface area contributed by atoms with Crippen molar-refractivity contribution in [3.63, 3.8) is 0 Å². The van der Waals surface area contributed by atoms with Gasteiger partial charge in [-0.05, 0) is 6.07 Å². The zero-order valence-corrected chi connectivity index (χ0v) is 9.38. The molecule has 0 aromatic heterocycles. The molecule has 0 aliphatic heterocycles. The number of halogens is 2. The summed E-state index contributed by atoms with van der Waals surface area (Å²) in [6.07, 6.45) is 0. The largest absolute Gasteiger partial charge is 0.488 e. The molecule has 0 saturated heterocycles. The number of nitro benzene ring substituents is 1. The summed E-state index contributed by atoms with van der Waals surface area (Å²) in [5.41, 5.74) is -0.804. The Morgan fingerprint density at radius 1 is 1.50 bits per heavy atom. The van der Waals surface area contributed by atoms with Gasteiger partial charge in [0.2, 0.25) is 5.75 Å². The highest BCUT2D eigenvalue weighted by Crippen LogP contribution is 2.33. The Kier molecular flexibility index (Phi) is 3.34. The molecule has 9 heteroatoms. The molecule has 1 aromatic rings. The molecule has 0 amide bonds. The highest BCUT2D eigenvalue weighted by molar-refractivity contribution is 8.13. The Hall–Kier alpha value is -1.41. The minimum atomic E-state index is -4.23. The Labute approximate surface area is 94.2 Å². The van der Waals surface area contributed by atoms with E-state index in [2.05, 4.69) is 4.74 Å². The van der Waals surface area contributed by atoms with Gasteiger partial charge < -0.3 is 4.74 Å². The van der Waals surface area contributed by atoms with Gasteiger partial charge in [0.15, 0.2) is 5.82 Å². The van der Waals surface area contributed by atoms with Crippen LogP contribution in [0.2, 0.25) is 0 Å². The molecular formula is C7H5ClFNO5S. The third kappa shape index (κ3) is 2.39. The second kappa shape index (κ2) is 4.22. The van der Waals surface area contributed by atoms with Gasteiger partial charge in [-0.1, -0.05) is 0 Å². The zero-order valence-electron chi connectivity index (χ0n) is 7.81. The van der Waals surface area contributed by atoms with E-state index in [9.17, 15) is 22.9 Å². The van der Waals surface area contributed by atoms with Crippen LogP contribution in [0.4, 0.5) is 10.1 Å². The van der Waals surface area contributed by atoms with Crippen LogP contribution in [-0.4, -0.2) is 20.5 Å². The predicted molar refractivity (Wildman–Crippen MR) is 52.6 cm³/mol. The molecule has 0 aliphatic carbocycles. The van der Waals surface area contributed by atoms with Crippen LogP contribution in [0.15, 0.2) is 17.0 Å². The van der Waals surface area contributed by atoms with Crippen LogP contribution < -0.4 is 4.74 Å². The average Bonchev–Trinajstić information content (AvgIpc) is 2.14. The van der Waals surface area contributed by atoms with Crippen molar-refractivity contribution in [2.24, 2.45) is 0 Å². The van der Waals surface area contributed by atoms with E-state index < -0.39 is 36.1 Å². The van der Waals surface area contributed by atoms with Gasteiger partial charge in [0.25, 0.3) is 9.05 Å². The van der Waals surface area contributed by atoms with E-state index in [1.807, 2.05) is 0 Å². The number of benzene rings is 1. The van der Waals surface area contributed by atoms with Crippen molar-refractivity contribution in [1.82, 2.24) is 0 Å². The standard InChI is InChI=1S/C7H5ClFNO5S/c1-15-7-5(9)2-4(16(8,13)14)3-6(7)10(11)12/h2-3H,1H3. The lowest BCUT2D eigenvalue weighted by atomic mass is 10.3. The third-order valence-corrected chi connectivity index (χ3v) is 3.01. The second-order valence-electron chi connectivity index (χ2n) is 2.65. The molecule has 1 rings (SSSR count). The van der Waals surface area contributed by atoms with E-state index in [0.717, 1.165) is 7.11 Å². The van der Waals surface area contributed by atoms with Crippen molar-refractivity contribution in [2.75, 3.05) is 7.11 Å². The molecule has 0 N–H and O–H groups in total. The maximum atomic E-state index is 13.2. The zero-order chi connectivity index (χ0) is 12.5. The Morgan fingerprint density at radius 3 is 2.44 bits per heavy atom.